The second-order valence-electron chi connectivity index (χ2n) is 9.33. The molecule has 0 radical (unpaired) electrons. The molecule has 0 amide bonds. The van der Waals surface area contributed by atoms with Crippen LogP contribution in [0.5, 0.6) is 0 Å². The number of sulfone groups is 1. The minimum Gasteiger partial charge on any atom is -0.363 e. The van der Waals surface area contributed by atoms with Crippen LogP contribution in [0.2, 0.25) is 0 Å². The van der Waals surface area contributed by atoms with Gasteiger partial charge in [-0.1, -0.05) is 48.5 Å². The Bertz CT molecular complexity index is 1660. The number of benzene rings is 3. The van der Waals surface area contributed by atoms with Crippen LogP contribution in [0, 0.1) is 0 Å². The van der Waals surface area contributed by atoms with E-state index in [1.807, 2.05) is 0 Å². The first-order valence-corrected chi connectivity index (χ1v) is 14.0. The number of hydrogen-bond donors (Lipinski definition) is 1. The molecular formula is C28H25F3N4O3S. The maximum absolute atomic E-state index is 14.0. The molecular weight excluding hydrogens is 529 g/mol. The lowest BCUT2D eigenvalue weighted by Crippen LogP contribution is -2.30. The van der Waals surface area contributed by atoms with Crippen LogP contribution in [0.25, 0.3) is 16.8 Å². The Kier molecular flexibility index (Phi) is 6.81. The normalized spacial score (nSPS) is 14.3. The summed E-state index contributed by atoms with van der Waals surface area (Å²) in [6.45, 7) is 0.0761. The number of Topliss-reactive ketones (excluding diaryl/α,β-unsaturated/α-hetero) is 1. The zero-order valence-electron chi connectivity index (χ0n) is 20.9. The Labute approximate surface area is 223 Å². The van der Waals surface area contributed by atoms with Crippen LogP contribution < -0.4 is 10.6 Å². The highest BCUT2D eigenvalue weighted by atomic mass is 32.2. The molecule has 11 heteroatoms. The van der Waals surface area contributed by atoms with Crippen LogP contribution in [-0.2, 0) is 29.0 Å². The fourth-order valence-corrected chi connectivity index (χ4v) is 5.85. The summed E-state index contributed by atoms with van der Waals surface area (Å²) in [5.74, 6) is -0.496. The lowest BCUT2D eigenvalue weighted by molar-refractivity contribution is -0.141. The van der Waals surface area contributed by atoms with Gasteiger partial charge in [0, 0.05) is 36.2 Å². The smallest absolute Gasteiger partial charge is 0.363 e. The molecule has 1 aliphatic rings. The van der Waals surface area contributed by atoms with Crippen LogP contribution in [0.1, 0.15) is 27.3 Å². The predicted octanol–water partition coefficient (Wildman–Crippen LogP) is 4.67. The summed E-state index contributed by atoms with van der Waals surface area (Å²) in [5.41, 5.74) is 7.24. The first-order valence-electron chi connectivity index (χ1n) is 12.1. The first-order chi connectivity index (χ1) is 18.5. The topological polar surface area (TPSA) is 98.3 Å². The van der Waals surface area contributed by atoms with Gasteiger partial charge in [-0.15, -0.1) is 0 Å². The molecule has 2 N–H and O–H groups in total. The molecule has 1 aromatic heterocycles. The van der Waals surface area contributed by atoms with Crippen molar-refractivity contribution >= 4 is 21.3 Å². The number of nitrogens with zero attached hydrogens (tertiary/aromatic N) is 3. The van der Waals surface area contributed by atoms with Gasteiger partial charge in [0.2, 0.25) is 5.78 Å². The fraction of sp³-hybridized carbons (Fsp3) is 0.214. The Morgan fingerprint density at radius 2 is 1.64 bits per heavy atom. The van der Waals surface area contributed by atoms with Gasteiger partial charge in [-0.05, 0) is 41.8 Å². The molecule has 0 atom stereocenters. The van der Waals surface area contributed by atoms with Crippen molar-refractivity contribution in [3.05, 3.63) is 95.3 Å². The summed E-state index contributed by atoms with van der Waals surface area (Å²) in [6, 6.07) is 20.2. The molecule has 1 aliphatic heterocycles. The third-order valence-corrected chi connectivity index (χ3v) is 7.91. The number of para-hydroxylation sites is 1. The first kappa shape index (κ1) is 26.6. The van der Waals surface area contributed by atoms with Crippen molar-refractivity contribution in [1.29, 1.82) is 0 Å². The molecule has 7 nitrogen and oxygen atoms in total. The molecule has 202 valence electrons. The van der Waals surface area contributed by atoms with Crippen molar-refractivity contribution in [2.24, 2.45) is 5.73 Å². The number of carbonyl (C=O) groups excluding carboxylic acids is 1. The van der Waals surface area contributed by atoms with Gasteiger partial charge < -0.3 is 10.6 Å². The van der Waals surface area contributed by atoms with Gasteiger partial charge >= 0.3 is 6.18 Å². The molecule has 0 saturated carbocycles. The van der Waals surface area contributed by atoms with Crippen LogP contribution in [0.4, 0.5) is 18.9 Å². The number of rotatable bonds is 5. The number of carbonyl (C=O) groups is 1. The summed E-state index contributed by atoms with van der Waals surface area (Å²) in [7, 11) is -3.46. The summed E-state index contributed by atoms with van der Waals surface area (Å²) in [5, 5.41) is 3.85. The molecule has 5 rings (SSSR count). The van der Waals surface area contributed by atoms with E-state index in [9.17, 15) is 26.4 Å². The summed E-state index contributed by atoms with van der Waals surface area (Å²) in [4.78, 5) is 15.4. The molecule has 4 aromatic rings. The maximum Gasteiger partial charge on any atom is 0.435 e. The van der Waals surface area contributed by atoms with E-state index >= 15 is 0 Å². The Hall–Kier alpha value is -3.96. The number of ketones is 1. The third kappa shape index (κ3) is 5.07. The van der Waals surface area contributed by atoms with Crippen LogP contribution in [0.3, 0.4) is 0 Å². The van der Waals surface area contributed by atoms with E-state index in [4.69, 9.17) is 5.73 Å². The quantitative estimate of drug-likeness (QED) is 0.385. The van der Waals surface area contributed by atoms with Crippen molar-refractivity contribution in [1.82, 2.24) is 9.78 Å². The number of nitrogens with two attached hydrogens (primary N) is 1. The van der Waals surface area contributed by atoms with Gasteiger partial charge in [0.15, 0.2) is 15.5 Å². The van der Waals surface area contributed by atoms with Crippen molar-refractivity contribution in [2.45, 2.75) is 24.0 Å². The number of hydrogen-bond acceptors (Lipinski definition) is 6. The van der Waals surface area contributed by atoms with Crippen molar-refractivity contribution in [3.63, 3.8) is 0 Å². The van der Waals surface area contributed by atoms with E-state index in [0.717, 1.165) is 10.9 Å². The molecule has 2 heterocycles. The van der Waals surface area contributed by atoms with Gasteiger partial charge in [0.25, 0.3) is 0 Å². The summed E-state index contributed by atoms with van der Waals surface area (Å²) in [6.07, 6.45) is -3.64. The second kappa shape index (κ2) is 9.97. The summed E-state index contributed by atoms with van der Waals surface area (Å²) >= 11 is 0. The Morgan fingerprint density at radius 1 is 0.974 bits per heavy atom. The third-order valence-electron chi connectivity index (χ3n) is 6.75. The van der Waals surface area contributed by atoms with Gasteiger partial charge in [-0.2, -0.15) is 18.3 Å². The average Bonchev–Trinajstić information content (AvgIpc) is 3.22. The highest BCUT2D eigenvalue weighted by Gasteiger charge is 2.42. The highest BCUT2D eigenvalue weighted by molar-refractivity contribution is 7.90. The van der Waals surface area contributed by atoms with Crippen molar-refractivity contribution < 1.29 is 26.4 Å². The minimum absolute atomic E-state index is 0.0423. The molecule has 39 heavy (non-hydrogen) atoms. The standard InChI is InChI=1S/C28H25F3N4O3S/c1-39(37,38)25-9-5-3-7-21(25)18-10-12-20(13-11-18)34-15-14-22-26(24(36)17-34)35(33-27(22)28(29,30)31)23-8-4-2-6-19(23)16-32/h2-13H,14-17,32H2,1H3. The van der Waals surface area contributed by atoms with E-state index in [-0.39, 0.29) is 42.2 Å². The van der Waals surface area contributed by atoms with Crippen molar-refractivity contribution in [2.75, 3.05) is 24.2 Å². The van der Waals surface area contributed by atoms with Crippen LogP contribution >= 0.6 is 0 Å². The van der Waals surface area contributed by atoms with E-state index in [0.29, 0.717) is 28.1 Å². The molecule has 3 aromatic carbocycles. The van der Waals surface area contributed by atoms with E-state index < -0.39 is 27.5 Å². The number of fused-ring (bicyclic) bond motifs is 1. The lowest BCUT2D eigenvalue weighted by atomic mass is 10.1. The van der Waals surface area contributed by atoms with Gasteiger partial charge in [0.05, 0.1) is 17.1 Å². The second-order valence-corrected chi connectivity index (χ2v) is 11.3. The van der Waals surface area contributed by atoms with E-state index in [2.05, 4.69) is 5.10 Å². The number of aromatic nitrogens is 2. The number of anilines is 1. The zero-order chi connectivity index (χ0) is 27.9. The number of halogens is 3. The largest absolute Gasteiger partial charge is 0.435 e. The molecule has 0 spiro atoms. The maximum atomic E-state index is 14.0. The number of alkyl halides is 3. The van der Waals surface area contributed by atoms with Gasteiger partial charge in [-0.25, -0.2) is 13.1 Å². The van der Waals surface area contributed by atoms with E-state index in [1.165, 1.54) is 6.07 Å². The average molecular weight is 555 g/mol. The van der Waals surface area contributed by atoms with Crippen molar-refractivity contribution in [3.8, 4) is 16.8 Å². The molecule has 0 aliphatic carbocycles. The lowest BCUT2D eigenvalue weighted by Gasteiger charge is -2.22. The molecule has 0 unspecified atom stereocenters. The summed E-state index contributed by atoms with van der Waals surface area (Å²) < 4.78 is 67.6. The van der Waals surface area contributed by atoms with E-state index in [1.54, 1.807) is 71.6 Å². The molecule has 0 bridgehead atoms. The van der Waals surface area contributed by atoms with Gasteiger partial charge in [-0.3, -0.25) is 4.79 Å². The van der Waals surface area contributed by atoms with Crippen LogP contribution in [0.15, 0.2) is 77.7 Å². The predicted molar refractivity (Wildman–Crippen MR) is 142 cm³/mol. The Balaban J connectivity index is 1.51. The monoisotopic (exact) mass is 554 g/mol. The minimum atomic E-state index is -4.74. The SMILES string of the molecule is CS(=O)(=O)c1ccccc1-c1ccc(N2CCc3c(C(F)(F)F)nn(-c4ccccc4CN)c3C(=O)C2)cc1. The Morgan fingerprint density at radius 3 is 2.31 bits per heavy atom. The zero-order valence-corrected chi connectivity index (χ0v) is 21.8. The molecule has 0 fully saturated rings. The fourth-order valence-electron chi connectivity index (χ4n) is 4.94. The van der Waals surface area contributed by atoms with Gasteiger partial charge in [0.1, 0.15) is 5.69 Å². The highest BCUT2D eigenvalue weighted by Crippen LogP contribution is 2.36. The molecule has 0 saturated heterocycles. The van der Waals surface area contributed by atoms with Crippen LogP contribution in [-0.4, -0.2) is 43.3 Å².